The van der Waals surface area contributed by atoms with Crippen LogP contribution in [0.4, 0.5) is 8.78 Å². The second kappa shape index (κ2) is 3.98. The monoisotopic (exact) mass is 248 g/mol. The van der Waals surface area contributed by atoms with Crippen molar-refractivity contribution in [3.63, 3.8) is 0 Å². The van der Waals surface area contributed by atoms with E-state index in [-0.39, 0.29) is 10.0 Å². The molecule has 1 N–H and O–H groups in total. The number of hydrogen-bond donors (Lipinski definition) is 1. The van der Waals surface area contributed by atoms with Gasteiger partial charge in [0.15, 0.2) is 0 Å². The van der Waals surface area contributed by atoms with Crippen LogP contribution in [-0.4, -0.2) is 5.11 Å². The summed E-state index contributed by atoms with van der Waals surface area (Å²) in [5.41, 5.74) is 0.132. The van der Waals surface area contributed by atoms with Gasteiger partial charge in [-0.15, -0.1) is 6.58 Å². The van der Waals surface area contributed by atoms with E-state index in [9.17, 15) is 13.9 Å². The van der Waals surface area contributed by atoms with E-state index in [2.05, 4.69) is 22.5 Å². The van der Waals surface area contributed by atoms with Gasteiger partial charge in [0.25, 0.3) is 0 Å². The van der Waals surface area contributed by atoms with Crippen molar-refractivity contribution in [1.29, 1.82) is 0 Å². The molecule has 0 aliphatic carbocycles. The first kappa shape index (κ1) is 10.3. The van der Waals surface area contributed by atoms with Crippen LogP contribution in [0.2, 0.25) is 0 Å². The van der Waals surface area contributed by atoms with Gasteiger partial charge in [-0.2, -0.15) is 0 Å². The Hall–Kier alpha value is -0.740. The zero-order valence-corrected chi connectivity index (χ0v) is 8.18. The fourth-order valence-corrected chi connectivity index (χ4v) is 1.38. The lowest BCUT2D eigenvalue weighted by molar-refractivity contribution is 0.227. The van der Waals surface area contributed by atoms with Crippen LogP contribution in [0.5, 0.6) is 0 Å². The van der Waals surface area contributed by atoms with Crippen molar-refractivity contribution in [2.75, 3.05) is 0 Å². The van der Waals surface area contributed by atoms with Crippen molar-refractivity contribution in [1.82, 2.24) is 0 Å². The Morgan fingerprint density at radius 3 is 2.62 bits per heavy atom. The van der Waals surface area contributed by atoms with Gasteiger partial charge in [0.05, 0.1) is 10.6 Å². The van der Waals surface area contributed by atoms with Crippen molar-refractivity contribution >= 4 is 15.9 Å². The summed E-state index contributed by atoms with van der Waals surface area (Å²) in [4.78, 5) is 0. The lowest BCUT2D eigenvalue weighted by Gasteiger charge is -2.08. The topological polar surface area (TPSA) is 20.2 Å². The molecule has 1 rings (SSSR count). The molecule has 0 radical (unpaired) electrons. The summed E-state index contributed by atoms with van der Waals surface area (Å²) in [5.74, 6) is -1.47. The Labute approximate surface area is 82.8 Å². The highest BCUT2D eigenvalue weighted by Gasteiger charge is 2.13. The predicted octanol–water partition coefficient (Wildman–Crippen LogP) is 2.95. The van der Waals surface area contributed by atoms with Crippen molar-refractivity contribution in [2.24, 2.45) is 0 Å². The number of hydrogen-bond acceptors (Lipinski definition) is 1. The Balaban J connectivity index is 3.27. The fraction of sp³-hybridized carbons (Fsp3) is 0.111. The van der Waals surface area contributed by atoms with Crippen LogP contribution < -0.4 is 0 Å². The summed E-state index contributed by atoms with van der Waals surface area (Å²) < 4.78 is 25.7. The van der Waals surface area contributed by atoms with Crippen LogP contribution in [0, 0.1) is 11.6 Å². The lowest BCUT2D eigenvalue weighted by Crippen LogP contribution is -1.97. The molecule has 0 spiro atoms. The average molecular weight is 249 g/mol. The van der Waals surface area contributed by atoms with Gasteiger partial charge in [-0.3, -0.25) is 0 Å². The molecule has 13 heavy (non-hydrogen) atoms. The maximum atomic E-state index is 12.9. The summed E-state index contributed by atoms with van der Waals surface area (Å²) in [6.45, 7) is 3.32. The Bertz CT molecular complexity index is 339. The summed E-state index contributed by atoms with van der Waals surface area (Å²) in [6.07, 6.45) is 0.124. The van der Waals surface area contributed by atoms with Gasteiger partial charge in [-0.1, -0.05) is 6.08 Å². The van der Waals surface area contributed by atoms with Gasteiger partial charge in [0.1, 0.15) is 11.6 Å². The molecule has 1 aromatic carbocycles. The third-order valence-electron chi connectivity index (χ3n) is 1.56. The van der Waals surface area contributed by atoms with Crippen LogP contribution >= 0.6 is 15.9 Å². The minimum atomic E-state index is -1.07. The minimum absolute atomic E-state index is 0.0568. The van der Waals surface area contributed by atoms with E-state index < -0.39 is 17.7 Å². The summed E-state index contributed by atoms with van der Waals surface area (Å²) in [5, 5.41) is 9.28. The Kier molecular flexibility index (Phi) is 3.17. The zero-order chi connectivity index (χ0) is 10.0. The molecule has 0 saturated carbocycles. The van der Waals surface area contributed by atoms with Gasteiger partial charge in [-0.25, -0.2) is 8.78 Å². The normalized spacial score (nSPS) is 12.6. The molecule has 0 aromatic heterocycles. The third-order valence-corrected chi connectivity index (χ3v) is 2.40. The number of benzene rings is 1. The molecule has 0 aliphatic heterocycles. The van der Waals surface area contributed by atoms with Crippen molar-refractivity contribution in [2.45, 2.75) is 6.10 Å². The van der Waals surface area contributed by atoms with Crippen LogP contribution in [0.25, 0.3) is 0 Å². The minimum Gasteiger partial charge on any atom is -0.384 e. The predicted molar refractivity (Wildman–Crippen MR) is 49.2 cm³/mol. The van der Waals surface area contributed by atoms with E-state index in [1.807, 2.05) is 0 Å². The first-order valence-electron chi connectivity index (χ1n) is 3.51. The fourth-order valence-electron chi connectivity index (χ4n) is 0.918. The maximum absolute atomic E-state index is 12.9. The standard InChI is InChI=1S/C9H7BrF2O/c1-2-8(13)6-3-5(11)4-7(12)9(6)10/h2-4,8,13H,1H2. The van der Waals surface area contributed by atoms with Crippen molar-refractivity contribution in [3.05, 3.63) is 46.5 Å². The van der Waals surface area contributed by atoms with E-state index in [0.717, 1.165) is 12.1 Å². The molecule has 1 unspecified atom stereocenters. The van der Waals surface area contributed by atoms with Crippen LogP contribution in [0.3, 0.4) is 0 Å². The van der Waals surface area contributed by atoms with Gasteiger partial charge >= 0.3 is 0 Å². The van der Waals surface area contributed by atoms with Crippen LogP contribution in [0.15, 0.2) is 29.3 Å². The number of rotatable bonds is 2. The Morgan fingerprint density at radius 1 is 1.46 bits per heavy atom. The SMILES string of the molecule is C=CC(O)c1cc(F)cc(F)c1Br. The van der Waals surface area contributed by atoms with E-state index in [1.54, 1.807) is 0 Å². The van der Waals surface area contributed by atoms with Crippen molar-refractivity contribution < 1.29 is 13.9 Å². The number of aliphatic hydroxyl groups is 1. The van der Waals surface area contributed by atoms with Gasteiger partial charge in [-0.05, 0) is 22.0 Å². The highest BCUT2D eigenvalue weighted by molar-refractivity contribution is 9.10. The molecule has 0 aliphatic rings. The first-order chi connectivity index (χ1) is 6.06. The highest BCUT2D eigenvalue weighted by Crippen LogP contribution is 2.27. The maximum Gasteiger partial charge on any atom is 0.140 e. The second-order valence-electron chi connectivity index (χ2n) is 2.47. The molecule has 0 amide bonds. The zero-order valence-electron chi connectivity index (χ0n) is 6.60. The van der Waals surface area contributed by atoms with Crippen molar-refractivity contribution in [3.8, 4) is 0 Å². The highest BCUT2D eigenvalue weighted by atomic mass is 79.9. The molecule has 1 aromatic rings. The second-order valence-corrected chi connectivity index (χ2v) is 3.26. The molecule has 0 fully saturated rings. The van der Waals surface area contributed by atoms with Crippen LogP contribution in [0.1, 0.15) is 11.7 Å². The third kappa shape index (κ3) is 2.14. The summed E-state index contributed by atoms with van der Waals surface area (Å²) >= 11 is 2.91. The average Bonchev–Trinajstić information content (AvgIpc) is 2.10. The van der Waals surface area contributed by atoms with E-state index in [1.165, 1.54) is 6.08 Å². The lowest BCUT2D eigenvalue weighted by atomic mass is 10.1. The summed E-state index contributed by atoms with van der Waals surface area (Å²) in [6, 6.07) is 1.79. The van der Waals surface area contributed by atoms with E-state index >= 15 is 0 Å². The molecule has 4 heteroatoms. The molecular weight excluding hydrogens is 242 g/mol. The molecule has 70 valence electrons. The molecule has 1 atom stereocenters. The smallest absolute Gasteiger partial charge is 0.140 e. The first-order valence-corrected chi connectivity index (χ1v) is 4.30. The van der Waals surface area contributed by atoms with E-state index in [0.29, 0.717) is 0 Å². The molecule has 0 saturated heterocycles. The molecule has 0 bridgehead atoms. The van der Waals surface area contributed by atoms with E-state index in [4.69, 9.17) is 0 Å². The number of aliphatic hydroxyl groups excluding tert-OH is 1. The molecule has 0 heterocycles. The van der Waals surface area contributed by atoms with Gasteiger partial charge in [0, 0.05) is 11.6 Å². The summed E-state index contributed by atoms with van der Waals surface area (Å²) in [7, 11) is 0. The number of halogens is 3. The largest absolute Gasteiger partial charge is 0.384 e. The quantitative estimate of drug-likeness (QED) is 0.631. The Morgan fingerprint density at radius 2 is 2.08 bits per heavy atom. The van der Waals surface area contributed by atoms with Gasteiger partial charge < -0.3 is 5.11 Å². The van der Waals surface area contributed by atoms with Gasteiger partial charge in [0.2, 0.25) is 0 Å². The van der Waals surface area contributed by atoms with Crippen LogP contribution in [-0.2, 0) is 0 Å². The molecular formula is C9H7BrF2O. The molecule has 1 nitrogen and oxygen atoms in total.